The number of hydrogen-bond donors (Lipinski definition) is 0. The molecule has 4 aromatic carbocycles. The minimum Gasteiger partial charge on any atom is -0.211 e. The van der Waals surface area contributed by atoms with Crippen molar-refractivity contribution in [3.63, 3.8) is 0 Å². The van der Waals surface area contributed by atoms with E-state index < -0.39 is 0 Å². The summed E-state index contributed by atoms with van der Waals surface area (Å²) in [5.74, 6) is 1.98. The molecule has 0 bridgehead atoms. The maximum atomic E-state index is 10.8. The number of aryl methyl sites for hydroxylation is 2. The molecule has 0 aromatic heterocycles. The molecule has 0 fully saturated rings. The molecular weight excluding hydrogens is 452 g/mol. The Balaban J connectivity index is 1.38. The van der Waals surface area contributed by atoms with Gasteiger partial charge in [0.1, 0.15) is 0 Å². The first-order valence-corrected chi connectivity index (χ1v) is 12.5. The molecule has 0 atom stereocenters. The fourth-order valence-electron chi connectivity index (χ4n) is 3.95. The van der Waals surface area contributed by atoms with Crippen LogP contribution in [0.2, 0.25) is 0 Å². The molecule has 0 aliphatic rings. The van der Waals surface area contributed by atoms with Crippen LogP contribution in [0, 0.1) is 0 Å². The fourth-order valence-corrected chi connectivity index (χ4v) is 4.91. The van der Waals surface area contributed by atoms with E-state index >= 15 is 0 Å². The summed E-state index contributed by atoms with van der Waals surface area (Å²) >= 11 is 1.90. The Morgan fingerprint density at radius 3 is 1.40 bits per heavy atom. The van der Waals surface area contributed by atoms with Crippen LogP contribution in [0.3, 0.4) is 0 Å². The number of aliphatic imine (C=N–C) groups is 2. The van der Waals surface area contributed by atoms with Gasteiger partial charge in [0.2, 0.25) is 12.2 Å². The summed E-state index contributed by atoms with van der Waals surface area (Å²) in [6.45, 7) is 0. The molecular formula is C30H24N2O2S. The molecule has 35 heavy (non-hydrogen) atoms. The van der Waals surface area contributed by atoms with Gasteiger partial charge in [0.15, 0.2) is 0 Å². The van der Waals surface area contributed by atoms with Crippen molar-refractivity contribution >= 4 is 35.3 Å². The van der Waals surface area contributed by atoms with Gasteiger partial charge in [0, 0.05) is 11.1 Å². The van der Waals surface area contributed by atoms with E-state index in [0.29, 0.717) is 11.4 Å². The van der Waals surface area contributed by atoms with E-state index in [2.05, 4.69) is 22.1 Å². The van der Waals surface area contributed by atoms with Gasteiger partial charge in [0.25, 0.3) is 0 Å². The zero-order chi connectivity index (χ0) is 24.3. The lowest BCUT2D eigenvalue weighted by Gasteiger charge is -2.10. The third kappa shape index (κ3) is 6.53. The van der Waals surface area contributed by atoms with Crippen LogP contribution in [0.1, 0.15) is 11.1 Å². The molecule has 4 aromatic rings. The van der Waals surface area contributed by atoms with Crippen molar-refractivity contribution < 1.29 is 9.59 Å². The molecule has 0 saturated heterocycles. The molecule has 0 N–H and O–H groups in total. The average molecular weight is 477 g/mol. The highest BCUT2D eigenvalue weighted by Gasteiger charge is 2.08. The zero-order valence-corrected chi connectivity index (χ0v) is 20.0. The molecule has 5 heteroatoms. The van der Waals surface area contributed by atoms with Gasteiger partial charge in [-0.2, -0.15) is 21.7 Å². The summed E-state index contributed by atoms with van der Waals surface area (Å²) in [6, 6.07) is 32.0. The van der Waals surface area contributed by atoms with Crippen LogP contribution in [0.5, 0.6) is 0 Å². The summed E-state index contributed by atoms with van der Waals surface area (Å²) in [4.78, 5) is 29.4. The highest BCUT2D eigenvalue weighted by Crippen LogP contribution is 2.32. The third-order valence-corrected chi connectivity index (χ3v) is 6.68. The van der Waals surface area contributed by atoms with E-state index in [1.54, 1.807) is 12.2 Å². The van der Waals surface area contributed by atoms with Gasteiger partial charge < -0.3 is 0 Å². The van der Waals surface area contributed by atoms with Crippen LogP contribution in [0.15, 0.2) is 107 Å². The number of isocyanates is 2. The second-order valence-electron chi connectivity index (χ2n) is 7.95. The van der Waals surface area contributed by atoms with Crippen molar-refractivity contribution in [2.24, 2.45) is 9.98 Å². The number of thioether (sulfide) groups is 1. The summed E-state index contributed by atoms with van der Waals surface area (Å²) < 4.78 is 0. The van der Waals surface area contributed by atoms with Crippen LogP contribution < -0.4 is 0 Å². The highest BCUT2D eigenvalue weighted by molar-refractivity contribution is 7.99. The minimum atomic E-state index is 0.638. The van der Waals surface area contributed by atoms with E-state index in [-0.39, 0.29) is 0 Å². The molecule has 0 spiro atoms. The van der Waals surface area contributed by atoms with Gasteiger partial charge in [-0.1, -0.05) is 72.8 Å². The lowest BCUT2D eigenvalue weighted by atomic mass is 10.00. The van der Waals surface area contributed by atoms with Crippen molar-refractivity contribution in [1.29, 1.82) is 0 Å². The fraction of sp³-hybridized carbons (Fsp3) is 0.133. The maximum absolute atomic E-state index is 10.8. The zero-order valence-electron chi connectivity index (χ0n) is 19.2. The smallest absolute Gasteiger partial charge is 0.211 e. The van der Waals surface area contributed by atoms with Crippen LogP contribution in [0.4, 0.5) is 11.4 Å². The molecule has 172 valence electrons. The third-order valence-electron chi connectivity index (χ3n) is 5.69. The van der Waals surface area contributed by atoms with Crippen molar-refractivity contribution in [3.05, 3.63) is 108 Å². The SMILES string of the molecule is O=C=Nc1ccc(CCSCCc2ccc(N=C=O)c(-c3ccccc3)c2)cc1-c1ccccc1. The quantitative estimate of drug-likeness (QED) is 0.135. The summed E-state index contributed by atoms with van der Waals surface area (Å²) in [7, 11) is 0. The molecule has 4 rings (SSSR count). The predicted octanol–water partition coefficient (Wildman–Crippen LogP) is 7.47. The van der Waals surface area contributed by atoms with Crippen molar-refractivity contribution in [2.45, 2.75) is 12.8 Å². The maximum Gasteiger partial charge on any atom is 0.240 e. The number of carbonyl (C=O) groups excluding carboxylic acids is 2. The van der Waals surface area contributed by atoms with Crippen molar-refractivity contribution in [1.82, 2.24) is 0 Å². The van der Waals surface area contributed by atoms with Crippen molar-refractivity contribution in [3.8, 4) is 22.3 Å². The predicted molar refractivity (Wildman–Crippen MR) is 144 cm³/mol. The van der Waals surface area contributed by atoms with Gasteiger partial charge >= 0.3 is 0 Å². The Morgan fingerprint density at radius 1 is 0.571 bits per heavy atom. The van der Waals surface area contributed by atoms with E-state index in [1.807, 2.05) is 96.7 Å². The van der Waals surface area contributed by atoms with Gasteiger partial charge in [-0.25, -0.2) is 9.59 Å². The highest BCUT2D eigenvalue weighted by atomic mass is 32.2. The van der Waals surface area contributed by atoms with E-state index in [0.717, 1.165) is 46.6 Å². The standard InChI is InChI=1S/C30H24N2O2S/c33-21-31-29-13-11-23(19-27(29)25-7-3-1-4-8-25)15-17-35-18-16-24-12-14-30(32-22-34)28(20-24)26-9-5-2-6-10-26/h1-14,19-20H,15-18H2. The molecule has 0 heterocycles. The second kappa shape index (κ2) is 12.5. The molecule has 0 radical (unpaired) electrons. The van der Waals surface area contributed by atoms with E-state index in [4.69, 9.17) is 0 Å². The molecule has 0 aliphatic heterocycles. The molecule has 0 unspecified atom stereocenters. The lowest BCUT2D eigenvalue weighted by molar-refractivity contribution is 0.564. The van der Waals surface area contributed by atoms with Gasteiger partial charge in [-0.05, 0) is 70.9 Å². The monoisotopic (exact) mass is 476 g/mol. The molecule has 0 amide bonds. The first-order valence-electron chi connectivity index (χ1n) is 11.4. The summed E-state index contributed by atoms with van der Waals surface area (Å²) in [5, 5.41) is 0. The minimum absolute atomic E-state index is 0.638. The van der Waals surface area contributed by atoms with E-state index in [9.17, 15) is 9.59 Å². The Hall–Kier alpha value is -4.01. The molecule has 4 nitrogen and oxygen atoms in total. The summed E-state index contributed by atoms with van der Waals surface area (Å²) in [5.41, 5.74) is 7.66. The van der Waals surface area contributed by atoms with Crippen LogP contribution in [-0.4, -0.2) is 23.7 Å². The first kappa shape index (κ1) is 24.1. The number of benzene rings is 4. The average Bonchev–Trinajstić information content (AvgIpc) is 2.91. The van der Waals surface area contributed by atoms with Crippen LogP contribution in [-0.2, 0) is 22.4 Å². The van der Waals surface area contributed by atoms with Crippen molar-refractivity contribution in [2.75, 3.05) is 11.5 Å². The number of rotatable bonds is 10. The molecule has 0 saturated carbocycles. The number of nitrogens with zero attached hydrogens (tertiary/aromatic N) is 2. The Bertz CT molecular complexity index is 1270. The Labute approximate surface area is 209 Å². The van der Waals surface area contributed by atoms with Gasteiger partial charge in [-0.15, -0.1) is 0 Å². The Kier molecular flexibility index (Phi) is 8.58. The van der Waals surface area contributed by atoms with Gasteiger partial charge in [0.05, 0.1) is 11.4 Å². The van der Waals surface area contributed by atoms with E-state index in [1.165, 1.54) is 11.1 Å². The Morgan fingerprint density at radius 2 is 1.00 bits per heavy atom. The summed E-state index contributed by atoms with van der Waals surface area (Å²) in [6.07, 6.45) is 5.18. The van der Waals surface area contributed by atoms with Crippen LogP contribution >= 0.6 is 11.8 Å². The number of hydrogen-bond acceptors (Lipinski definition) is 5. The molecule has 0 aliphatic carbocycles. The van der Waals surface area contributed by atoms with Gasteiger partial charge in [-0.3, -0.25) is 0 Å². The second-order valence-corrected chi connectivity index (χ2v) is 9.18. The topological polar surface area (TPSA) is 58.9 Å². The van der Waals surface area contributed by atoms with Crippen LogP contribution in [0.25, 0.3) is 22.3 Å². The normalized spacial score (nSPS) is 10.3. The lowest BCUT2D eigenvalue weighted by Crippen LogP contribution is -1.94. The first-order chi connectivity index (χ1) is 17.3. The largest absolute Gasteiger partial charge is 0.240 e.